The lowest BCUT2D eigenvalue weighted by Crippen LogP contribution is -2.67. The van der Waals surface area contributed by atoms with Crippen LogP contribution in [0.4, 0.5) is 0 Å². The van der Waals surface area contributed by atoms with Crippen molar-refractivity contribution in [3.63, 3.8) is 0 Å². The first-order valence-corrected chi connectivity index (χ1v) is 8.42. The molecule has 4 fully saturated rings. The second-order valence-electron chi connectivity index (χ2n) is 8.36. The highest BCUT2D eigenvalue weighted by atomic mass is 16.5. The number of rotatable bonds is 0. The molecular weight excluding hydrogens is 278 g/mol. The van der Waals surface area contributed by atoms with Crippen molar-refractivity contribution in [1.29, 1.82) is 0 Å². The molecule has 2 saturated carbocycles. The Morgan fingerprint density at radius 3 is 3.09 bits per heavy atom. The molecule has 116 valence electrons. The molecule has 2 saturated heterocycles. The van der Waals surface area contributed by atoms with Crippen LogP contribution in [0.2, 0.25) is 0 Å². The molecule has 6 rings (SSSR count). The molecule has 0 radical (unpaired) electrons. The Morgan fingerprint density at radius 1 is 1.36 bits per heavy atom. The van der Waals surface area contributed by atoms with Crippen molar-refractivity contribution in [2.45, 2.75) is 31.1 Å². The maximum absolute atomic E-state index is 10.7. The summed E-state index contributed by atoms with van der Waals surface area (Å²) in [5.74, 6) is 2.29. The summed E-state index contributed by atoms with van der Waals surface area (Å²) in [6.07, 6.45) is 9.72. The van der Waals surface area contributed by atoms with E-state index in [4.69, 9.17) is 4.74 Å². The zero-order valence-electron chi connectivity index (χ0n) is 12.6. The predicted molar refractivity (Wildman–Crippen MR) is 79.8 cm³/mol. The fourth-order valence-corrected chi connectivity index (χ4v) is 7.27. The molecule has 2 aliphatic heterocycles. The Balaban J connectivity index is 1.62. The summed E-state index contributed by atoms with van der Waals surface area (Å²) in [6.45, 7) is 1.09. The third kappa shape index (κ3) is 1.00. The largest absolute Gasteiger partial charge is 0.504 e. The van der Waals surface area contributed by atoms with Crippen LogP contribution in [0.15, 0.2) is 35.8 Å². The normalized spacial score (nSPS) is 59.9. The summed E-state index contributed by atoms with van der Waals surface area (Å²) in [5.41, 5.74) is 0.227. The van der Waals surface area contributed by atoms with E-state index in [1.165, 1.54) is 0 Å². The fraction of sp³-hybridized carbons (Fsp3) is 0.667. The number of aliphatic hydroxyl groups excluding tert-OH is 2. The van der Waals surface area contributed by atoms with Crippen LogP contribution in [0.5, 0.6) is 0 Å². The Bertz CT molecular complexity index is 682. The second kappa shape index (κ2) is 3.31. The molecule has 2 bridgehead atoms. The van der Waals surface area contributed by atoms with Gasteiger partial charge in [-0.15, -0.1) is 0 Å². The van der Waals surface area contributed by atoms with Crippen LogP contribution in [0.1, 0.15) is 12.8 Å². The molecule has 6 aliphatic rings. The van der Waals surface area contributed by atoms with E-state index < -0.39 is 6.10 Å². The molecule has 0 aromatic heterocycles. The highest BCUT2D eigenvalue weighted by Crippen LogP contribution is 2.79. The smallest absolute Gasteiger partial charge is 0.153 e. The van der Waals surface area contributed by atoms with Crippen molar-refractivity contribution in [3.05, 3.63) is 35.8 Å². The summed E-state index contributed by atoms with van der Waals surface area (Å²) in [5, 5.41) is 21.0. The van der Waals surface area contributed by atoms with Crippen molar-refractivity contribution in [2.24, 2.45) is 28.6 Å². The van der Waals surface area contributed by atoms with Crippen LogP contribution in [-0.2, 0) is 4.74 Å². The number of hydrogen-bond donors (Lipinski definition) is 2. The van der Waals surface area contributed by atoms with Gasteiger partial charge in [0.25, 0.3) is 0 Å². The van der Waals surface area contributed by atoms with Crippen LogP contribution in [0.3, 0.4) is 0 Å². The van der Waals surface area contributed by atoms with E-state index in [1.54, 1.807) is 0 Å². The van der Waals surface area contributed by atoms with E-state index >= 15 is 0 Å². The third-order valence-corrected chi connectivity index (χ3v) is 7.60. The van der Waals surface area contributed by atoms with Crippen LogP contribution in [0.25, 0.3) is 0 Å². The SMILES string of the molecule is CN1CC23C=C[C@H](O)[C@@H]4OC5=C(O)C=CC6C[C@@H]1[C@H]2[C@@]4(C3)C56. The van der Waals surface area contributed by atoms with Crippen molar-refractivity contribution in [3.8, 4) is 0 Å². The maximum Gasteiger partial charge on any atom is 0.153 e. The van der Waals surface area contributed by atoms with Gasteiger partial charge in [-0.25, -0.2) is 0 Å². The quantitative estimate of drug-likeness (QED) is 0.667. The summed E-state index contributed by atoms with van der Waals surface area (Å²) in [7, 11) is 2.25. The molecule has 4 aliphatic carbocycles. The van der Waals surface area contributed by atoms with Gasteiger partial charge in [0, 0.05) is 29.3 Å². The third-order valence-electron chi connectivity index (χ3n) is 7.60. The molecular formula is C18H21NO3. The number of hydrogen-bond acceptors (Lipinski definition) is 4. The number of ether oxygens (including phenoxy) is 1. The standard InChI is InChI=1S/C18H21NO3/c1-19-8-17-5-4-12(21)16-18(7-17)13-9(6-10(19)15(17)18)2-3-11(20)14(13)22-16/h2-5,9-10,12-13,15-16,20-21H,6-8H2,1H3/t9?,10-,12+,13?,15-,16+,17?,18-/m1/s1. The zero-order chi connectivity index (χ0) is 14.9. The van der Waals surface area contributed by atoms with Gasteiger partial charge in [0.1, 0.15) is 18.0 Å². The second-order valence-corrected chi connectivity index (χ2v) is 8.36. The van der Waals surface area contributed by atoms with Crippen molar-refractivity contribution in [2.75, 3.05) is 13.6 Å². The summed E-state index contributed by atoms with van der Waals surface area (Å²) < 4.78 is 6.21. The number of allylic oxidation sites excluding steroid dienone is 3. The lowest BCUT2D eigenvalue weighted by Gasteiger charge is -2.64. The van der Waals surface area contributed by atoms with Crippen LogP contribution in [-0.4, -0.2) is 47.0 Å². The Kier molecular flexibility index (Phi) is 1.84. The lowest BCUT2D eigenvalue weighted by molar-refractivity contribution is -0.175. The lowest BCUT2D eigenvalue weighted by atomic mass is 9.36. The molecule has 8 atom stereocenters. The first kappa shape index (κ1) is 12.2. The van der Waals surface area contributed by atoms with Gasteiger partial charge in [-0.05, 0) is 37.8 Å². The summed E-state index contributed by atoms with van der Waals surface area (Å²) in [6, 6.07) is 0.570. The van der Waals surface area contributed by atoms with Crippen LogP contribution >= 0.6 is 0 Å². The average Bonchev–Trinajstić information content (AvgIpc) is 2.88. The summed E-state index contributed by atoms with van der Waals surface area (Å²) >= 11 is 0. The highest BCUT2D eigenvalue weighted by molar-refractivity contribution is 5.42. The molecule has 2 N–H and O–H groups in total. The number of likely N-dealkylation sites (tertiary alicyclic amines) is 1. The molecule has 22 heavy (non-hydrogen) atoms. The van der Waals surface area contributed by atoms with Gasteiger partial charge in [-0.2, -0.15) is 0 Å². The minimum absolute atomic E-state index is 0.00926. The monoisotopic (exact) mass is 299 g/mol. The minimum atomic E-state index is -0.555. The van der Waals surface area contributed by atoms with E-state index in [2.05, 4.69) is 24.1 Å². The molecule has 0 amide bonds. The van der Waals surface area contributed by atoms with E-state index in [0.29, 0.717) is 17.9 Å². The average molecular weight is 299 g/mol. The molecule has 0 aromatic carbocycles. The zero-order valence-corrected chi connectivity index (χ0v) is 12.6. The Morgan fingerprint density at radius 2 is 2.23 bits per heavy atom. The molecule has 0 aromatic rings. The predicted octanol–water partition coefficient (Wildman–Crippen LogP) is 1.60. The van der Waals surface area contributed by atoms with Gasteiger partial charge in [0.2, 0.25) is 0 Å². The van der Waals surface area contributed by atoms with Gasteiger partial charge in [-0.1, -0.05) is 18.2 Å². The van der Waals surface area contributed by atoms with Crippen molar-refractivity contribution >= 4 is 0 Å². The van der Waals surface area contributed by atoms with E-state index in [9.17, 15) is 10.2 Å². The highest BCUT2D eigenvalue weighted by Gasteiger charge is 2.81. The van der Waals surface area contributed by atoms with Crippen LogP contribution in [0, 0.1) is 28.6 Å². The molecule has 1 spiro atoms. The molecule has 3 unspecified atom stereocenters. The van der Waals surface area contributed by atoms with Gasteiger partial charge in [0.05, 0.1) is 0 Å². The molecule has 4 nitrogen and oxygen atoms in total. The van der Waals surface area contributed by atoms with E-state index in [1.807, 2.05) is 12.2 Å². The Hall–Kier alpha value is -1.26. The number of nitrogens with zero attached hydrogens (tertiary/aromatic N) is 1. The maximum atomic E-state index is 10.7. The summed E-state index contributed by atoms with van der Waals surface area (Å²) in [4.78, 5) is 2.53. The van der Waals surface area contributed by atoms with Crippen molar-refractivity contribution < 1.29 is 14.9 Å². The van der Waals surface area contributed by atoms with E-state index in [0.717, 1.165) is 25.1 Å². The van der Waals surface area contributed by atoms with Crippen molar-refractivity contribution in [1.82, 2.24) is 4.90 Å². The molecule has 4 heteroatoms. The first-order chi connectivity index (χ1) is 10.6. The van der Waals surface area contributed by atoms with E-state index in [-0.39, 0.29) is 28.6 Å². The number of aliphatic hydroxyl groups is 2. The topological polar surface area (TPSA) is 52.9 Å². The van der Waals surface area contributed by atoms with Gasteiger partial charge < -0.3 is 19.8 Å². The van der Waals surface area contributed by atoms with Crippen LogP contribution < -0.4 is 0 Å². The Labute approximate surface area is 129 Å². The first-order valence-electron chi connectivity index (χ1n) is 8.42. The molecule has 2 heterocycles. The fourth-order valence-electron chi connectivity index (χ4n) is 7.27. The van der Waals surface area contributed by atoms with Gasteiger partial charge in [-0.3, -0.25) is 0 Å². The minimum Gasteiger partial charge on any atom is -0.504 e. The van der Waals surface area contributed by atoms with Gasteiger partial charge >= 0.3 is 0 Å². The van der Waals surface area contributed by atoms with Gasteiger partial charge in [0.15, 0.2) is 5.76 Å².